The molecule has 96 valence electrons. The first-order valence-electron chi connectivity index (χ1n) is 5.15. The zero-order chi connectivity index (χ0) is 13.5. The van der Waals surface area contributed by atoms with Gasteiger partial charge in [-0.25, -0.2) is 9.78 Å². The molecule has 0 unspecified atom stereocenters. The maximum absolute atomic E-state index is 11.3. The third-order valence-corrected chi connectivity index (χ3v) is 2.18. The summed E-state index contributed by atoms with van der Waals surface area (Å²) in [6, 6.07) is 1.54. The predicted molar refractivity (Wildman–Crippen MR) is 65.7 cm³/mol. The summed E-state index contributed by atoms with van der Waals surface area (Å²) in [6.45, 7) is 0. The number of nitrogens with zero attached hydrogens (tertiary/aromatic N) is 1. The van der Waals surface area contributed by atoms with Crippen LogP contribution >= 0.6 is 0 Å². The van der Waals surface area contributed by atoms with Crippen molar-refractivity contribution in [3.8, 4) is 0 Å². The van der Waals surface area contributed by atoms with E-state index in [0.29, 0.717) is 11.1 Å². The van der Waals surface area contributed by atoms with Crippen LogP contribution in [0.4, 0.5) is 5.82 Å². The molecule has 0 aliphatic carbocycles. The molecule has 0 atom stereocenters. The van der Waals surface area contributed by atoms with Crippen LogP contribution in [0.3, 0.4) is 0 Å². The molecule has 6 nitrogen and oxygen atoms in total. The van der Waals surface area contributed by atoms with Gasteiger partial charge in [0, 0.05) is 11.8 Å². The highest BCUT2D eigenvalue weighted by atomic mass is 16.5. The third kappa shape index (κ3) is 3.58. The number of esters is 2. The molecule has 0 saturated carbocycles. The number of anilines is 1. The molecule has 0 spiro atoms. The van der Waals surface area contributed by atoms with Crippen LogP contribution in [0.25, 0.3) is 6.08 Å². The van der Waals surface area contributed by atoms with E-state index in [-0.39, 0.29) is 18.2 Å². The number of carbonyl (C=O) groups excluding carboxylic acids is 2. The zero-order valence-corrected chi connectivity index (χ0v) is 10.2. The fourth-order valence-electron chi connectivity index (χ4n) is 1.22. The summed E-state index contributed by atoms with van der Waals surface area (Å²) in [5.74, 6) is -0.587. The molecule has 0 amide bonds. The van der Waals surface area contributed by atoms with Crippen molar-refractivity contribution < 1.29 is 19.1 Å². The van der Waals surface area contributed by atoms with Gasteiger partial charge in [-0.1, -0.05) is 12.2 Å². The van der Waals surface area contributed by atoms with Crippen LogP contribution in [0.15, 0.2) is 18.3 Å². The van der Waals surface area contributed by atoms with E-state index in [2.05, 4.69) is 14.5 Å². The molecular weight excluding hydrogens is 236 g/mol. The molecule has 0 aliphatic heterocycles. The van der Waals surface area contributed by atoms with Crippen LogP contribution in [-0.4, -0.2) is 31.1 Å². The monoisotopic (exact) mass is 250 g/mol. The number of ether oxygens (including phenoxy) is 2. The maximum atomic E-state index is 11.3. The van der Waals surface area contributed by atoms with Gasteiger partial charge in [-0.05, 0) is 6.07 Å². The lowest BCUT2D eigenvalue weighted by molar-refractivity contribution is -0.139. The summed E-state index contributed by atoms with van der Waals surface area (Å²) in [5, 5.41) is 0. The van der Waals surface area contributed by atoms with Gasteiger partial charge in [0.2, 0.25) is 0 Å². The Morgan fingerprint density at radius 2 is 2.11 bits per heavy atom. The minimum Gasteiger partial charge on any atom is -0.469 e. The molecule has 0 saturated heterocycles. The van der Waals surface area contributed by atoms with E-state index in [4.69, 9.17) is 5.73 Å². The summed E-state index contributed by atoms with van der Waals surface area (Å²) < 4.78 is 9.06. The van der Waals surface area contributed by atoms with Gasteiger partial charge in [0.1, 0.15) is 5.82 Å². The van der Waals surface area contributed by atoms with E-state index >= 15 is 0 Å². The van der Waals surface area contributed by atoms with E-state index < -0.39 is 5.97 Å². The van der Waals surface area contributed by atoms with E-state index in [1.54, 1.807) is 18.2 Å². The molecule has 0 aliphatic rings. The minimum absolute atomic E-state index is 0.123. The Morgan fingerprint density at radius 1 is 1.39 bits per heavy atom. The second kappa shape index (κ2) is 6.39. The van der Waals surface area contributed by atoms with Crippen molar-refractivity contribution in [2.75, 3.05) is 20.0 Å². The molecule has 6 heteroatoms. The highest BCUT2D eigenvalue weighted by Gasteiger charge is 2.08. The van der Waals surface area contributed by atoms with Crippen molar-refractivity contribution in [2.24, 2.45) is 0 Å². The van der Waals surface area contributed by atoms with Gasteiger partial charge in [-0.15, -0.1) is 0 Å². The maximum Gasteiger partial charge on any atom is 0.339 e. The lowest BCUT2D eigenvalue weighted by atomic mass is 10.1. The quantitative estimate of drug-likeness (QED) is 0.802. The van der Waals surface area contributed by atoms with Crippen LogP contribution in [0.2, 0.25) is 0 Å². The van der Waals surface area contributed by atoms with E-state index in [0.717, 1.165) is 0 Å². The number of pyridine rings is 1. The summed E-state index contributed by atoms with van der Waals surface area (Å²) >= 11 is 0. The van der Waals surface area contributed by atoms with Crippen LogP contribution in [0, 0.1) is 0 Å². The largest absolute Gasteiger partial charge is 0.469 e. The average Bonchev–Trinajstić information content (AvgIpc) is 2.39. The number of aromatic nitrogens is 1. The summed E-state index contributed by atoms with van der Waals surface area (Å²) in [6.07, 6.45) is 4.64. The average molecular weight is 250 g/mol. The Labute approximate surface area is 104 Å². The first-order valence-corrected chi connectivity index (χ1v) is 5.15. The van der Waals surface area contributed by atoms with Crippen molar-refractivity contribution in [1.29, 1.82) is 0 Å². The van der Waals surface area contributed by atoms with Gasteiger partial charge < -0.3 is 15.2 Å². The predicted octanol–water partition coefficient (Wildman–Crippen LogP) is 1.03. The highest BCUT2D eigenvalue weighted by molar-refractivity contribution is 5.90. The summed E-state index contributed by atoms with van der Waals surface area (Å²) in [4.78, 5) is 26.1. The van der Waals surface area contributed by atoms with Gasteiger partial charge in [0.25, 0.3) is 0 Å². The number of carbonyl (C=O) groups is 2. The van der Waals surface area contributed by atoms with Gasteiger partial charge in [0.05, 0.1) is 26.2 Å². The highest BCUT2D eigenvalue weighted by Crippen LogP contribution is 2.14. The number of rotatable bonds is 4. The number of hydrogen-bond donors (Lipinski definition) is 1. The van der Waals surface area contributed by atoms with Crippen molar-refractivity contribution in [3.05, 3.63) is 29.5 Å². The van der Waals surface area contributed by atoms with Crippen molar-refractivity contribution >= 4 is 23.8 Å². The van der Waals surface area contributed by atoms with Crippen LogP contribution in [-0.2, 0) is 14.3 Å². The Balaban J connectivity index is 2.87. The molecule has 18 heavy (non-hydrogen) atoms. The first kappa shape index (κ1) is 13.7. The van der Waals surface area contributed by atoms with Crippen LogP contribution in [0.1, 0.15) is 22.3 Å². The molecule has 1 rings (SSSR count). The zero-order valence-electron chi connectivity index (χ0n) is 10.2. The first-order chi connectivity index (χ1) is 8.58. The fourth-order valence-corrected chi connectivity index (χ4v) is 1.22. The lowest BCUT2D eigenvalue weighted by Gasteiger charge is -2.03. The Bertz CT molecular complexity index is 483. The van der Waals surface area contributed by atoms with Crippen molar-refractivity contribution in [3.63, 3.8) is 0 Å². The van der Waals surface area contributed by atoms with Crippen LogP contribution < -0.4 is 5.73 Å². The van der Waals surface area contributed by atoms with Gasteiger partial charge in [-0.2, -0.15) is 0 Å². The normalized spacial score (nSPS) is 10.3. The van der Waals surface area contributed by atoms with Gasteiger partial charge in [0.15, 0.2) is 0 Å². The standard InChI is InChI=1S/C12H14N2O4/c1-17-10(15)5-3-4-8-6-9(12(16)18-2)7-14-11(8)13/h3-4,6-7H,5H2,1-2H3,(H2,13,14). The molecule has 0 fully saturated rings. The van der Waals surface area contributed by atoms with Crippen LogP contribution in [0.5, 0.6) is 0 Å². The molecule has 2 N–H and O–H groups in total. The smallest absolute Gasteiger partial charge is 0.339 e. The Hall–Kier alpha value is -2.37. The fraction of sp³-hybridized carbons (Fsp3) is 0.250. The van der Waals surface area contributed by atoms with E-state index in [1.807, 2.05) is 0 Å². The Morgan fingerprint density at radius 3 is 2.72 bits per heavy atom. The molecule has 1 aromatic heterocycles. The van der Waals surface area contributed by atoms with E-state index in [9.17, 15) is 9.59 Å². The minimum atomic E-state index is -0.495. The molecule has 1 aromatic rings. The molecule has 1 heterocycles. The van der Waals surface area contributed by atoms with Crippen molar-refractivity contribution in [1.82, 2.24) is 4.98 Å². The van der Waals surface area contributed by atoms with E-state index in [1.165, 1.54) is 20.4 Å². The SMILES string of the molecule is COC(=O)CC=Cc1cc(C(=O)OC)cnc1N. The number of nitrogen functional groups attached to an aromatic ring is 1. The number of nitrogens with two attached hydrogens (primary N) is 1. The number of hydrogen-bond acceptors (Lipinski definition) is 6. The summed E-state index contributed by atoms with van der Waals surface area (Å²) in [5.41, 5.74) is 6.49. The molecule has 0 bridgehead atoms. The molecule has 0 radical (unpaired) electrons. The third-order valence-electron chi connectivity index (χ3n) is 2.18. The topological polar surface area (TPSA) is 91.5 Å². The second-order valence-corrected chi connectivity index (χ2v) is 3.37. The number of methoxy groups -OCH3 is 2. The van der Waals surface area contributed by atoms with Crippen molar-refractivity contribution in [2.45, 2.75) is 6.42 Å². The van der Waals surface area contributed by atoms with Gasteiger partial charge in [-0.3, -0.25) is 4.79 Å². The van der Waals surface area contributed by atoms with Gasteiger partial charge >= 0.3 is 11.9 Å². The molecule has 0 aromatic carbocycles. The summed E-state index contributed by atoms with van der Waals surface area (Å²) in [7, 11) is 2.59. The lowest BCUT2D eigenvalue weighted by Crippen LogP contribution is -2.04. The second-order valence-electron chi connectivity index (χ2n) is 3.37. The Kier molecular flexibility index (Phi) is 4.86. The molecular formula is C12H14N2O4.